The van der Waals surface area contributed by atoms with Crippen LogP contribution in [0, 0.1) is 6.92 Å². The Labute approximate surface area is 150 Å². The van der Waals surface area contributed by atoms with Crippen LogP contribution < -0.4 is 5.32 Å². The van der Waals surface area contributed by atoms with E-state index in [1.807, 2.05) is 0 Å². The lowest BCUT2D eigenvalue weighted by Gasteiger charge is -2.17. The van der Waals surface area contributed by atoms with Crippen molar-refractivity contribution in [3.05, 3.63) is 50.7 Å². The van der Waals surface area contributed by atoms with Crippen molar-refractivity contribution in [3.8, 4) is 0 Å². The number of thiophene rings is 1. The first-order valence-corrected chi connectivity index (χ1v) is 8.28. The molecule has 0 aliphatic heterocycles. The van der Waals surface area contributed by atoms with Gasteiger partial charge in [0.2, 0.25) is 0 Å². The Bertz CT molecular complexity index is 804. The van der Waals surface area contributed by atoms with E-state index in [1.54, 1.807) is 18.4 Å². The molecule has 0 aliphatic carbocycles. The molecule has 0 saturated carbocycles. The number of hydrogen-bond donors (Lipinski definition) is 1. The predicted molar refractivity (Wildman–Crippen MR) is 89.0 cm³/mol. The minimum absolute atomic E-state index is 0.113. The number of benzene rings is 1. The lowest BCUT2D eigenvalue weighted by atomic mass is 10.1. The molecule has 4 nitrogen and oxygen atoms in total. The van der Waals surface area contributed by atoms with Crippen LogP contribution in [-0.2, 0) is 15.7 Å². The monoisotopic (exact) mass is 391 g/mol. The molecule has 0 bridgehead atoms. The normalized spacial score (nSPS) is 12.6. The Kier molecular flexibility index (Phi) is 5.74. The van der Waals surface area contributed by atoms with Crippen molar-refractivity contribution in [2.75, 3.05) is 5.32 Å². The highest BCUT2D eigenvalue weighted by atomic mass is 35.5. The van der Waals surface area contributed by atoms with Gasteiger partial charge in [-0.05, 0) is 49.1 Å². The number of carbonyl (C=O) groups is 2. The van der Waals surface area contributed by atoms with Gasteiger partial charge in [0, 0.05) is 5.02 Å². The van der Waals surface area contributed by atoms with E-state index in [4.69, 9.17) is 16.3 Å². The second-order valence-corrected chi connectivity index (χ2v) is 6.51. The molecule has 2 aromatic rings. The van der Waals surface area contributed by atoms with Gasteiger partial charge in [0.1, 0.15) is 4.88 Å². The van der Waals surface area contributed by atoms with Gasteiger partial charge in [-0.15, -0.1) is 11.3 Å². The molecule has 2 rings (SSSR count). The fraction of sp³-hybridized carbons (Fsp3) is 0.250. The smallest absolute Gasteiger partial charge is 0.418 e. The zero-order valence-corrected chi connectivity index (χ0v) is 14.7. The van der Waals surface area contributed by atoms with Crippen LogP contribution in [0.4, 0.5) is 18.9 Å². The van der Waals surface area contributed by atoms with E-state index in [1.165, 1.54) is 13.0 Å². The summed E-state index contributed by atoms with van der Waals surface area (Å²) in [5.74, 6) is -1.59. The number of nitrogens with one attached hydrogen (secondary N) is 1. The van der Waals surface area contributed by atoms with E-state index in [0.717, 1.165) is 17.4 Å². The van der Waals surface area contributed by atoms with E-state index >= 15 is 0 Å². The number of amides is 1. The van der Waals surface area contributed by atoms with Crippen LogP contribution in [0.5, 0.6) is 0 Å². The Hall–Kier alpha value is -2.06. The van der Waals surface area contributed by atoms with Crippen molar-refractivity contribution in [2.24, 2.45) is 0 Å². The molecule has 1 amide bonds. The molecule has 25 heavy (non-hydrogen) atoms. The minimum atomic E-state index is -4.69. The average Bonchev–Trinajstić information content (AvgIpc) is 2.94. The Balaban J connectivity index is 2.12. The molecule has 1 aromatic heterocycles. The standard InChI is InChI=1S/C16H13ClF3NO3S/c1-8-5-6-25-13(8)15(23)24-9(2)14(22)21-12-4-3-10(17)7-11(12)16(18,19)20/h3-7,9H,1-2H3,(H,21,22). The lowest BCUT2D eigenvalue weighted by molar-refractivity contribution is -0.137. The zero-order chi connectivity index (χ0) is 18.8. The number of rotatable bonds is 4. The summed E-state index contributed by atoms with van der Waals surface area (Å²) in [7, 11) is 0. The summed E-state index contributed by atoms with van der Waals surface area (Å²) < 4.78 is 44.1. The molecule has 0 saturated heterocycles. The molecule has 1 atom stereocenters. The van der Waals surface area contributed by atoms with Gasteiger partial charge in [-0.3, -0.25) is 4.79 Å². The van der Waals surface area contributed by atoms with E-state index < -0.39 is 35.4 Å². The first-order valence-electron chi connectivity index (χ1n) is 7.02. The molecule has 1 heterocycles. The Morgan fingerprint density at radius 2 is 1.96 bits per heavy atom. The summed E-state index contributed by atoms with van der Waals surface area (Å²) >= 11 is 6.73. The van der Waals surface area contributed by atoms with E-state index in [0.29, 0.717) is 16.5 Å². The summed E-state index contributed by atoms with van der Waals surface area (Å²) in [6, 6.07) is 4.69. The molecule has 1 unspecified atom stereocenters. The number of aryl methyl sites for hydroxylation is 1. The quantitative estimate of drug-likeness (QED) is 0.753. The van der Waals surface area contributed by atoms with Gasteiger partial charge >= 0.3 is 12.1 Å². The van der Waals surface area contributed by atoms with Gasteiger partial charge in [-0.2, -0.15) is 13.2 Å². The van der Waals surface area contributed by atoms with Crippen LogP contribution in [0.15, 0.2) is 29.6 Å². The fourth-order valence-corrected chi connectivity index (χ4v) is 2.92. The third-order valence-corrected chi connectivity index (χ3v) is 4.48. The molecule has 134 valence electrons. The second kappa shape index (κ2) is 7.45. The first kappa shape index (κ1) is 19.3. The third kappa shape index (κ3) is 4.73. The molecular weight excluding hydrogens is 379 g/mol. The topological polar surface area (TPSA) is 55.4 Å². The van der Waals surface area contributed by atoms with Crippen LogP contribution in [0.1, 0.15) is 27.7 Å². The summed E-state index contributed by atoms with van der Waals surface area (Å²) in [6.07, 6.45) is -5.97. The van der Waals surface area contributed by atoms with Crippen molar-refractivity contribution in [3.63, 3.8) is 0 Å². The molecule has 0 aliphatic rings. The average molecular weight is 392 g/mol. The van der Waals surface area contributed by atoms with Gasteiger partial charge in [0.15, 0.2) is 6.10 Å². The Morgan fingerprint density at radius 1 is 1.28 bits per heavy atom. The van der Waals surface area contributed by atoms with Gasteiger partial charge in [0.05, 0.1) is 11.3 Å². The highest BCUT2D eigenvalue weighted by Crippen LogP contribution is 2.36. The number of anilines is 1. The van der Waals surface area contributed by atoms with Crippen LogP contribution in [0.2, 0.25) is 5.02 Å². The number of hydrogen-bond acceptors (Lipinski definition) is 4. The maximum atomic E-state index is 13.0. The molecule has 0 radical (unpaired) electrons. The van der Waals surface area contributed by atoms with Crippen LogP contribution in [-0.4, -0.2) is 18.0 Å². The lowest BCUT2D eigenvalue weighted by Crippen LogP contribution is -2.30. The fourth-order valence-electron chi connectivity index (χ4n) is 1.94. The number of ether oxygens (including phenoxy) is 1. The molecule has 1 N–H and O–H groups in total. The molecule has 0 fully saturated rings. The molecule has 1 aromatic carbocycles. The van der Waals surface area contributed by atoms with E-state index in [2.05, 4.69) is 5.32 Å². The van der Waals surface area contributed by atoms with Crippen LogP contribution >= 0.6 is 22.9 Å². The molecule has 9 heteroatoms. The van der Waals surface area contributed by atoms with Gasteiger partial charge in [-0.1, -0.05) is 11.6 Å². The van der Waals surface area contributed by atoms with Crippen molar-refractivity contribution in [2.45, 2.75) is 26.1 Å². The van der Waals surface area contributed by atoms with Crippen molar-refractivity contribution < 1.29 is 27.5 Å². The van der Waals surface area contributed by atoms with Crippen molar-refractivity contribution in [1.29, 1.82) is 0 Å². The largest absolute Gasteiger partial charge is 0.448 e. The summed E-state index contributed by atoms with van der Waals surface area (Å²) in [6.45, 7) is 2.99. The number of halogens is 4. The number of carbonyl (C=O) groups excluding carboxylic acids is 2. The van der Waals surface area contributed by atoms with Gasteiger partial charge in [0.25, 0.3) is 5.91 Å². The third-order valence-electron chi connectivity index (χ3n) is 3.25. The molecular formula is C16H13ClF3NO3S. The highest BCUT2D eigenvalue weighted by Gasteiger charge is 2.34. The second-order valence-electron chi connectivity index (χ2n) is 5.16. The molecule has 0 spiro atoms. The first-order chi connectivity index (χ1) is 11.6. The summed E-state index contributed by atoms with van der Waals surface area (Å²) in [4.78, 5) is 24.4. The predicted octanol–water partition coefficient (Wildman–Crippen LogP) is 4.91. The summed E-state index contributed by atoms with van der Waals surface area (Å²) in [5.41, 5.74) is -0.849. The van der Waals surface area contributed by atoms with E-state index in [-0.39, 0.29) is 5.02 Å². The van der Waals surface area contributed by atoms with E-state index in [9.17, 15) is 22.8 Å². The number of alkyl halides is 3. The maximum absolute atomic E-state index is 13.0. The van der Waals surface area contributed by atoms with Crippen molar-refractivity contribution in [1.82, 2.24) is 0 Å². The maximum Gasteiger partial charge on any atom is 0.418 e. The highest BCUT2D eigenvalue weighted by molar-refractivity contribution is 7.12. The minimum Gasteiger partial charge on any atom is -0.448 e. The van der Waals surface area contributed by atoms with Gasteiger partial charge in [-0.25, -0.2) is 4.79 Å². The SMILES string of the molecule is Cc1ccsc1C(=O)OC(C)C(=O)Nc1ccc(Cl)cc1C(F)(F)F. The van der Waals surface area contributed by atoms with Gasteiger partial charge < -0.3 is 10.1 Å². The van der Waals surface area contributed by atoms with Crippen molar-refractivity contribution >= 4 is 40.5 Å². The zero-order valence-electron chi connectivity index (χ0n) is 13.1. The Morgan fingerprint density at radius 3 is 2.52 bits per heavy atom. The summed E-state index contributed by atoms with van der Waals surface area (Å²) in [5, 5.41) is 3.70. The van der Waals surface area contributed by atoms with Crippen LogP contribution in [0.3, 0.4) is 0 Å². The number of esters is 1. The van der Waals surface area contributed by atoms with Crippen LogP contribution in [0.25, 0.3) is 0 Å².